The molecule has 1 rings (SSSR count). The molecule has 0 heterocycles. The summed E-state index contributed by atoms with van der Waals surface area (Å²) < 4.78 is 7.34. The lowest BCUT2D eigenvalue weighted by atomic mass is 10.3. The van der Waals surface area contributed by atoms with E-state index in [-0.39, 0.29) is 5.91 Å². The van der Waals surface area contributed by atoms with Crippen molar-refractivity contribution in [2.75, 3.05) is 5.32 Å². The minimum absolute atomic E-state index is 0.158. The maximum atomic E-state index is 11.0. The topological polar surface area (TPSA) is 55.4 Å². The van der Waals surface area contributed by atoms with Crippen LogP contribution >= 0.6 is 67.8 Å². The molecule has 0 aromatic heterocycles. The van der Waals surface area contributed by atoms with Gasteiger partial charge in [-0.1, -0.05) is 0 Å². The highest BCUT2D eigenvalue weighted by atomic mass is 127. The number of anilines is 1. The largest absolute Gasteiger partial charge is 0.426 e. The molecule has 16 heavy (non-hydrogen) atoms. The molecule has 0 aliphatic carbocycles. The summed E-state index contributed by atoms with van der Waals surface area (Å²) in [5.74, 6) is 0.314. The van der Waals surface area contributed by atoms with Crippen LogP contribution in [0.2, 0.25) is 0 Å². The number of nitrogens with one attached hydrogen (secondary N) is 1. The lowest BCUT2D eigenvalue weighted by Gasteiger charge is -2.12. The van der Waals surface area contributed by atoms with E-state index in [1.807, 2.05) is 28.7 Å². The van der Waals surface area contributed by atoms with Crippen molar-refractivity contribution in [3.63, 3.8) is 0 Å². The van der Waals surface area contributed by atoms with E-state index in [0.717, 1.165) is 10.7 Å². The Bertz CT molecular complexity index is 448. The van der Waals surface area contributed by atoms with E-state index in [9.17, 15) is 9.59 Å². The van der Waals surface area contributed by atoms with E-state index in [0.29, 0.717) is 17.9 Å². The minimum atomic E-state index is -0.158. The molecule has 1 amide bonds. The molecule has 1 aromatic rings. The van der Waals surface area contributed by atoms with Crippen LogP contribution in [-0.4, -0.2) is 12.4 Å². The van der Waals surface area contributed by atoms with Crippen LogP contribution < -0.4 is 10.1 Å². The number of halogens is 3. The number of hydrogen-bond donors (Lipinski definition) is 1. The fourth-order valence-corrected chi connectivity index (χ4v) is 4.91. The van der Waals surface area contributed by atoms with Gasteiger partial charge in [-0.3, -0.25) is 9.59 Å². The van der Waals surface area contributed by atoms with Gasteiger partial charge in [0.05, 0.1) is 12.8 Å². The molecule has 1 N–H and O–H groups in total. The number of ether oxygens (including phenoxy) is 1. The van der Waals surface area contributed by atoms with E-state index < -0.39 is 0 Å². The van der Waals surface area contributed by atoms with Crippen molar-refractivity contribution < 1.29 is 14.3 Å². The van der Waals surface area contributed by atoms with Gasteiger partial charge >= 0.3 is 0 Å². The zero-order valence-electron chi connectivity index (χ0n) is 8.01. The lowest BCUT2D eigenvalue weighted by molar-refractivity contribution is -0.120. The molecule has 0 atom stereocenters. The average molecular weight is 557 g/mol. The Hall–Kier alpha value is 0.350. The van der Waals surface area contributed by atoms with Crippen LogP contribution in [0.3, 0.4) is 0 Å². The first-order valence-electron chi connectivity index (χ1n) is 4.02. The number of amides is 1. The molecule has 4 nitrogen and oxygen atoms in total. The van der Waals surface area contributed by atoms with E-state index in [2.05, 4.69) is 50.5 Å². The second-order valence-corrected chi connectivity index (χ2v) is 6.16. The van der Waals surface area contributed by atoms with Gasteiger partial charge in [0.2, 0.25) is 5.91 Å². The summed E-state index contributed by atoms with van der Waals surface area (Å²) in [6, 6.07) is 1.84. The van der Waals surface area contributed by atoms with Crippen molar-refractivity contribution >= 4 is 85.8 Å². The van der Waals surface area contributed by atoms with E-state index >= 15 is 0 Å². The highest BCUT2D eigenvalue weighted by Gasteiger charge is 2.16. The summed E-state index contributed by atoms with van der Waals surface area (Å²) in [7, 11) is 0. The standard InChI is InChI=1S/C9H6I3NO3/c1-4(15)13-8-5(10)2-6(11)9(7(8)12)16-3-14/h2-3H,1H3,(H,13,15). The molecular formula is C9H6I3NO3. The van der Waals surface area contributed by atoms with Gasteiger partial charge in [0.1, 0.15) is 0 Å². The molecule has 7 heteroatoms. The number of hydrogen-bond acceptors (Lipinski definition) is 3. The Morgan fingerprint density at radius 3 is 2.50 bits per heavy atom. The fourth-order valence-electron chi connectivity index (χ4n) is 1.02. The Morgan fingerprint density at radius 1 is 1.38 bits per heavy atom. The lowest BCUT2D eigenvalue weighted by Crippen LogP contribution is -2.10. The molecule has 86 valence electrons. The summed E-state index contributed by atoms with van der Waals surface area (Å²) in [6.45, 7) is 1.81. The molecule has 0 aliphatic heterocycles. The molecule has 0 bridgehead atoms. The summed E-state index contributed by atoms with van der Waals surface area (Å²) in [5, 5.41) is 2.71. The van der Waals surface area contributed by atoms with Crippen LogP contribution in [0.5, 0.6) is 5.75 Å². The Labute approximate surface area is 133 Å². The highest BCUT2D eigenvalue weighted by molar-refractivity contribution is 14.1. The van der Waals surface area contributed by atoms with Gasteiger partial charge in [-0.2, -0.15) is 0 Å². The normalized spacial score (nSPS) is 9.75. The third-order valence-corrected chi connectivity index (χ3v) is 4.28. The zero-order chi connectivity index (χ0) is 12.3. The van der Waals surface area contributed by atoms with Crippen LogP contribution in [0.15, 0.2) is 6.07 Å². The Morgan fingerprint density at radius 2 is 2.00 bits per heavy atom. The second kappa shape index (κ2) is 6.33. The monoisotopic (exact) mass is 557 g/mol. The van der Waals surface area contributed by atoms with E-state index in [4.69, 9.17) is 4.74 Å². The predicted molar refractivity (Wildman–Crippen MR) is 85.6 cm³/mol. The third-order valence-electron chi connectivity index (χ3n) is 1.60. The van der Waals surface area contributed by atoms with Crippen LogP contribution in [0.1, 0.15) is 6.92 Å². The van der Waals surface area contributed by atoms with Crippen molar-refractivity contribution in [3.8, 4) is 5.75 Å². The van der Waals surface area contributed by atoms with Gasteiger partial charge in [0.15, 0.2) is 5.75 Å². The Balaban J connectivity index is 3.32. The number of carbonyl (C=O) groups excluding carboxylic acids is 2. The smallest absolute Gasteiger partial charge is 0.298 e. The van der Waals surface area contributed by atoms with Gasteiger partial charge in [-0.25, -0.2) is 0 Å². The van der Waals surface area contributed by atoms with Gasteiger partial charge in [-0.15, -0.1) is 0 Å². The van der Waals surface area contributed by atoms with Crippen LogP contribution in [0.25, 0.3) is 0 Å². The zero-order valence-corrected chi connectivity index (χ0v) is 14.5. The van der Waals surface area contributed by atoms with Crippen molar-refractivity contribution in [3.05, 3.63) is 16.8 Å². The minimum Gasteiger partial charge on any atom is -0.426 e. The van der Waals surface area contributed by atoms with Crippen LogP contribution in [-0.2, 0) is 9.59 Å². The summed E-state index contributed by atoms with van der Waals surface area (Å²) in [5.41, 5.74) is 0.672. The molecule has 0 saturated carbocycles. The summed E-state index contributed by atoms with van der Waals surface area (Å²) in [4.78, 5) is 21.4. The molecule has 0 spiro atoms. The van der Waals surface area contributed by atoms with E-state index in [1.54, 1.807) is 0 Å². The fraction of sp³-hybridized carbons (Fsp3) is 0.111. The van der Waals surface area contributed by atoms with Crippen molar-refractivity contribution in [2.24, 2.45) is 0 Å². The number of rotatable bonds is 3. The van der Waals surface area contributed by atoms with Crippen LogP contribution in [0, 0.1) is 10.7 Å². The van der Waals surface area contributed by atoms with Gasteiger partial charge in [0.25, 0.3) is 6.47 Å². The molecule has 1 aromatic carbocycles. The second-order valence-electron chi connectivity index (χ2n) is 2.75. The maximum Gasteiger partial charge on any atom is 0.298 e. The van der Waals surface area contributed by atoms with E-state index in [1.165, 1.54) is 6.92 Å². The van der Waals surface area contributed by atoms with Crippen LogP contribution in [0.4, 0.5) is 5.69 Å². The van der Waals surface area contributed by atoms with Gasteiger partial charge in [-0.05, 0) is 73.8 Å². The van der Waals surface area contributed by atoms with Gasteiger partial charge in [0, 0.05) is 10.5 Å². The maximum absolute atomic E-state index is 11.0. The SMILES string of the molecule is CC(=O)Nc1c(I)cc(I)c(OC=O)c1I. The molecule has 0 aliphatic rings. The van der Waals surface area contributed by atoms with Crippen molar-refractivity contribution in [2.45, 2.75) is 6.92 Å². The summed E-state index contributed by atoms with van der Waals surface area (Å²) in [6.07, 6.45) is 0. The molecule has 0 radical (unpaired) electrons. The summed E-state index contributed by atoms with van der Waals surface area (Å²) >= 11 is 6.24. The molecule has 0 unspecified atom stereocenters. The first-order chi connectivity index (χ1) is 7.47. The Kier molecular flexibility index (Phi) is 5.70. The first-order valence-corrected chi connectivity index (χ1v) is 7.26. The highest BCUT2D eigenvalue weighted by Crippen LogP contribution is 2.36. The first kappa shape index (κ1) is 14.4. The molecular weight excluding hydrogens is 551 g/mol. The quantitative estimate of drug-likeness (QED) is 0.460. The molecule has 0 saturated heterocycles. The number of carbonyl (C=O) groups is 2. The average Bonchev–Trinajstić information content (AvgIpc) is 2.19. The van der Waals surface area contributed by atoms with Crippen molar-refractivity contribution in [1.29, 1.82) is 0 Å². The number of benzene rings is 1. The predicted octanol–water partition coefficient (Wildman–Crippen LogP) is 2.99. The van der Waals surface area contributed by atoms with Gasteiger partial charge < -0.3 is 10.1 Å². The van der Waals surface area contributed by atoms with Crippen molar-refractivity contribution in [1.82, 2.24) is 0 Å². The third kappa shape index (κ3) is 3.42. The molecule has 0 fully saturated rings.